The number of hydrogen-bond donors (Lipinski definition) is 0. The van der Waals surface area contributed by atoms with Crippen LogP contribution in [0.3, 0.4) is 0 Å². The summed E-state index contributed by atoms with van der Waals surface area (Å²) in [5.41, 5.74) is 0.595. The minimum absolute atomic E-state index is 0.303. The maximum absolute atomic E-state index is 12.0. The number of aromatic nitrogens is 1. The minimum Gasteiger partial charge on any atom is -0.483 e. The van der Waals surface area contributed by atoms with E-state index in [1.54, 1.807) is 17.0 Å². The first-order valence-electron chi connectivity index (χ1n) is 6.97. The highest BCUT2D eigenvalue weighted by Gasteiger charge is 2.33. The van der Waals surface area contributed by atoms with E-state index < -0.39 is 5.60 Å². The Balaban J connectivity index is 1.97. The second-order valence-electron chi connectivity index (χ2n) is 6.12. The van der Waals surface area contributed by atoms with Gasteiger partial charge in [0.05, 0.1) is 12.7 Å². The standard InChI is InChI=1S/C16H19N3O3/c1-11-9-19(15(20)22-16(2,3)4)10-14(11)21-13-6-5-12(7-17)18-8-13/h5-6,8,14H,1,9-10H2,2-4H3. The van der Waals surface area contributed by atoms with Crippen LogP contribution in [-0.2, 0) is 4.74 Å². The average Bonchev–Trinajstić information content (AvgIpc) is 2.79. The third-order valence-corrected chi connectivity index (χ3v) is 3.02. The lowest BCUT2D eigenvalue weighted by atomic mass is 10.2. The van der Waals surface area contributed by atoms with Crippen LogP contribution in [-0.4, -0.2) is 40.8 Å². The fraction of sp³-hybridized carbons (Fsp3) is 0.438. The Hall–Kier alpha value is -2.55. The molecule has 1 unspecified atom stereocenters. The molecule has 0 saturated carbocycles. The van der Waals surface area contributed by atoms with Crippen LogP contribution in [0.2, 0.25) is 0 Å². The van der Waals surface area contributed by atoms with Crippen molar-refractivity contribution in [2.45, 2.75) is 32.5 Å². The molecule has 6 heteroatoms. The number of carbonyl (C=O) groups is 1. The average molecular weight is 301 g/mol. The summed E-state index contributed by atoms with van der Waals surface area (Å²) in [5.74, 6) is 0.538. The number of ether oxygens (including phenoxy) is 2. The second kappa shape index (κ2) is 6.06. The highest BCUT2D eigenvalue weighted by molar-refractivity contribution is 5.69. The van der Waals surface area contributed by atoms with Gasteiger partial charge in [0.1, 0.15) is 29.2 Å². The van der Waals surface area contributed by atoms with E-state index in [1.165, 1.54) is 6.20 Å². The van der Waals surface area contributed by atoms with Gasteiger partial charge in [0, 0.05) is 6.54 Å². The predicted molar refractivity (Wildman–Crippen MR) is 80.3 cm³/mol. The number of pyridine rings is 1. The summed E-state index contributed by atoms with van der Waals surface area (Å²) in [7, 11) is 0. The molecule has 6 nitrogen and oxygen atoms in total. The summed E-state index contributed by atoms with van der Waals surface area (Å²) < 4.78 is 11.1. The molecule has 0 radical (unpaired) electrons. The summed E-state index contributed by atoms with van der Waals surface area (Å²) in [6.45, 7) is 10.2. The number of hydrogen-bond acceptors (Lipinski definition) is 5. The Morgan fingerprint density at radius 3 is 2.77 bits per heavy atom. The highest BCUT2D eigenvalue weighted by Crippen LogP contribution is 2.22. The molecular formula is C16H19N3O3. The molecule has 1 fully saturated rings. The molecule has 116 valence electrons. The summed E-state index contributed by atoms with van der Waals surface area (Å²) in [6.07, 6.45) is 0.807. The Bertz CT molecular complexity index is 611. The van der Waals surface area contributed by atoms with Crippen molar-refractivity contribution in [2.24, 2.45) is 0 Å². The van der Waals surface area contributed by atoms with Crippen molar-refractivity contribution in [3.8, 4) is 11.8 Å². The molecule has 2 rings (SSSR count). The van der Waals surface area contributed by atoms with Gasteiger partial charge in [0.15, 0.2) is 0 Å². The van der Waals surface area contributed by atoms with E-state index in [4.69, 9.17) is 14.7 Å². The number of nitriles is 1. The second-order valence-corrected chi connectivity index (χ2v) is 6.12. The van der Waals surface area contributed by atoms with Gasteiger partial charge in [-0.1, -0.05) is 6.58 Å². The quantitative estimate of drug-likeness (QED) is 0.784. The van der Waals surface area contributed by atoms with E-state index in [-0.39, 0.29) is 12.2 Å². The first-order chi connectivity index (χ1) is 10.3. The van der Waals surface area contributed by atoms with Crippen LogP contribution in [0.5, 0.6) is 5.75 Å². The van der Waals surface area contributed by atoms with Crippen molar-refractivity contribution >= 4 is 6.09 Å². The minimum atomic E-state index is -0.533. The first-order valence-corrected chi connectivity index (χ1v) is 6.97. The number of likely N-dealkylation sites (tertiary alicyclic amines) is 1. The number of carbonyl (C=O) groups excluding carboxylic acids is 1. The molecule has 0 spiro atoms. The van der Waals surface area contributed by atoms with Crippen LogP contribution in [0.25, 0.3) is 0 Å². The molecule has 1 aromatic rings. The fourth-order valence-corrected chi connectivity index (χ4v) is 2.01. The largest absolute Gasteiger partial charge is 0.483 e. The maximum atomic E-state index is 12.0. The zero-order chi connectivity index (χ0) is 16.3. The number of nitrogens with zero attached hydrogens (tertiary/aromatic N) is 3. The van der Waals surface area contributed by atoms with Crippen LogP contribution >= 0.6 is 0 Å². The topological polar surface area (TPSA) is 75.5 Å². The highest BCUT2D eigenvalue weighted by atomic mass is 16.6. The SMILES string of the molecule is C=C1CN(C(=O)OC(C)(C)C)CC1Oc1ccc(C#N)nc1. The normalized spacial score (nSPS) is 18.0. The predicted octanol–water partition coefficient (Wildman–Crippen LogP) is 2.51. The maximum Gasteiger partial charge on any atom is 0.410 e. The molecule has 1 saturated heterocycles. The van der Waals surface area contributed by atoms with Crippen LogP contribution in [0, 0.1) is 11.3 Å². The lowest BCUT2D eigenvalue weighted by Crippen LogP contribution is -2.36. The molecular weight excluding hydrogens is 282 g/mol. The fourth-order valence-electron chi connectivity index (χ4n) is 2.01. The zero-order valence-corrected chi connectivity index (χ0v) is 13.0. The molecule has 0 aliphatic carbocycles. The van der Waals surface area contributed by atoms with Gasteiger partial charge in [-0.3, -0.25) is 0 Å². The molecule has 1 amide bonds. The van der Waals surface area contributed by atoms with Crippen molar-refractivity contribution in [1.29, 1.82) is 5.26 Å². The lowest BCUT2D eigenvalue weighted by molar-refractivity contribution is 0.0276. The number of amides is 1. The molecule has 22 heavy (non-hydrogen) atoms. The lowest BCUT2D eigenvalue weighted by Gasteiger charge is -2.24. The zero-order valence-electron chi connectivity index (χ0n) is 13.0. The van der Waals surface area contributed by atoms with Crippen molar-refractivity contribution in [3.63, 3.8) is 0 Å². The van der Waals surface area contributed by atoms with E-state index in [0.717, 1.165) is 5.57 Å². The third kappa shape index (κ3) is 3.98. The van der Waals surface area contributed by atoms with E-state index in [0.29, 0.717) is 24.5 Å². The van der Waals surface area contributed by atoms with Crippen molar-refractivity contribution in [2.75, 3.05) is 13.1 Å². The number of rotatable bonds is 2. The summed E-state index contributed by atoms with van der Waals surface area (Å²) in [4.78, 5) is 17.6. The van der Waals surface area contributed by atoms with Crippen LogP contribution in [0.15, 0.2) is 30.5 Å². The Kier molecular flexibility index (Phi) is 4.36. The van der Waals surface area contributed by atoms with E-state index >= 15 is 0 Å². The van der Waals surface area contributed by atoms with E-state index in [2.05, 4.69) is 11.6 Å². The van der Waals surface area contributed by atoms with E-state index in [1.807, 2.05) is 26.8 Å². The molecule has 1 aliphatic heterocycles. The smallest absolute Gasteiger partial charge is 0.410 e. The Labute approximate surface area is 130 Å². The molecule has 0 N–H and O–H groups in total. The summed E-state index contributed by atoms with van der Waals surface area (Å²) in [5, 5.41) is 8.72. The van der Waals surface area contributed by atoms with Crippen LogP contribution in [0.4, 0.5) is 4.79 Å². The Morgan fingerprint density at radius 1 is 1.50 bits per heavy atom. The molecule has 1 aromatic heterocycles. The van der Waals surface area contributed by atoms with Gasteiger partial charge < -0.3 is 14.4 Å². The molecule has 0 aromatic carbocycles. The van der Waals surface area contributed by atoms with Crippen molar-refractivity contribution in [3.05, 3.63) is 36.2 Å². The monoisotopic (exact) mass is 301 g/mol. The van der Waals surface area contributed by atoms with Gasteiger partial charge in [-0.15, -0.1) is 0 Å². The summed E-state index contributed by atoms with van der Waals surface area (Å²) in [6, 6.07) is 5.20. The molecule has 1 atom stereocenters. The molecule has 1 aliphatic rings. The van der Waals surface area contributed by atoms with E-state index in [9.17, 15) is 4.79 Å². The van der Waals surface area contributed by atoms with Gasteiger partial charge >= 0.3 is 6.09 Å². The van der Waals surface area contributed by atoms with Gasteiger partial charge in [0.2, 0.25) is 0 Å². The van der Waals surface area contributed by atoms with Crippen molar-refractivity contribution < 1.29 is 14.3 Å². The molecule has 2 heterocycles. The Morgan fingerprint density at radius 2 is 2.23 bits per heavy atom. The van der Waals surface area contributed by atoms with Gasteiger partial charge in [-0.05, 0) is 38.5 Å². The van der Waals surface area contributed by atoms with Crippen LogP contribution in [0.1, 0.15) is 26.5 Å². The van der Waals surface area contributed by atoms with Gasteiger partial charge in [0.25, 0.3) is 0 Å². The summed E-state index contributed by atoms with van der Waals surface area (Å²) >= 11 is 0. The third-order valence-electron chi connectivity index (χ3n) is 3.02. The molecule has 0 bridgehead atoms. The van der Waals surface area contributed by atoms with Crippen molar-refractivity contribution in [1.82, 2.24) is 9.88 Å². The van der Waals surface area contributed by atoms with Gasteiger partial charge in [-0.2, -0.15) is 5.26 Å². The first kappa shape index (κ1) is 15.8. The van der Waals surface area contributed by atoms with Crippen LogP contribution < -0.4 is 4.74 Å². The van der Waals surface area contributed by atoms with Gasteiger partial charge in [-0.25, -0.2) is 9.78 Å².